The molecule has 0 radical (unpaired) electrons. The standard InChI is InChI=1S/C92H62F6N2O2/c1-5-59-15-37-73(38-16-59)101-75-41-23-63(24-42-75)91(65-27-47-87(95)89(97)53-65)81-13-9-7-11-77(81)79-45-33-71(55-83(79)91)99(69-35-49-85(93)57(3)51-69)67-29-19-61(20-30-67)62-21-31-68(32-22-62)100(70-36-50-86(94)58(4)52-70)72-34-46-80-78-12-8-10-14-82(78)92(84(80)56-72,66-28-48-88(96)90(98)54-66)64-25-43-76(44-26-64)102-74-39-17-60(6-2)18-40-74/h5-56H,1-2H2,3-4H3. The average molecular weight is 1340 g/mol. The zero-order valence-corrected chi connectivity index (χ0v) is 55.4. The molecule has 102 heavy (non-hydrogen) atoms. The first kappa shape index (κ1) is 64.0. The van der Waals surface area contributed by atoms with Crippen LogP contribution in [0.3, 0.4) is 0 Å². The quantitative estimate of drug-likeness (QED) is 0.0849. The van der Waals surface area contributed by atoms with Crippen LogP contribution in [0.2, 0.25) is 0 Å². The molecule has 2 atom stereocenters. The Labute approximate surface area is 587 Å². The summed E-state index contributed by atoms with van der Waals surface area (Å²) < 4.78 is 106. The Morgan fingerprint density at radius 1 is 0.275 bits per heavy atom. The maximum absolute atomic E-state index is 15.9. The minimum absolute atomic E-state index is 0.357. The van der Waals surface area contributed by atoms with E-state index < -0.39 is 34.1 Å². The van der Waals surface area contributed by atoms with E-state index in [0.29, 0.717) is 56.6 Å². The largest absolute Gasteiger partial charge is 0.457 e. The van der Waals surface area contributed by atoms with Crippen LogP contribution >= 0.6 is 0 Å². The fourth-order valence-corrected chi connectivity index (χ4v) is 15.0. The summed E-state index contributed by atoms with van der Waals surface area (Å²) in [5.41, 5.74) is 16.3. The lowest BCUT2D eigenvalue weighted by molar-refractivity contribution is 0.482. The summed E-state index contributed by atoms with van der Waals surface area (Å²) in [5, 5.41) is 0. The van der Waals surface area contributed by atoms with Gasteiger partial charge in [0.25, 0.3) is 0 Å². The minimum atomic E-state index is -1.17. The third-order valence-electron chi connectivity index (χ3n) is 19.9. The van der Waals surface area contributed by atoms with Gasteiger partial charge in [-0.05, 0) is 272 Å². The van der Waals surface area contributed by atoms with Gasteiger partial charge < -0.3 is 19.3 Å². The molecular formula is C92H62F6N2O2. The highest BCUT2D eigenvalue weighted by atomic mass is 19.2. The summed E-state index contributed by atoms with van der Waals surface area (Å²) in [7, 11) is 0. The summed E-state index contributed by atoms with van der Waals surface area (Å²) in [5.74, 6) is -2.17. The Balaban J connectivity index is 0.781. The molecule has 0 fully saturated rings. The molecule has 0 N–H and O–H groups in total. The number of anilines is 6. The van der Waals surface area contributed by atoms with E-state index in [4.69, 9.17) is 9.47 Å². The fraction of sp³-hybridized carbons (Fsp3) is 0.0435. The second-order valence-electron chi connectivity index (χ2n) is 25.7. The Kier molecular flexibility index (Phi) is 16.3. The van der Waals surface area contributed by atoms with E-state index in [2.05, 4.69) is 59.4 Å². The predicted molar refractivity (Wildman–Crippen MR) is 398 cm³/mol. The number of fused-ring (bicyclic) bond motifs is 6. The van der Waals surface area contributed by atoms with Gasteiger partial charge in [0.05, 0.1) is 10.8 Å². The SMILES string of the molecule is C=Cc1ccc(Oc2ccc(C3(c4ccc(F)c(F)c4)c4ccccc4-c4ccc(N(c5ccc(-c6ccc(N(c7ccc(F)c(C)c7)c7ccc8c(c7)C(c7ccc(Oc9ccc(C=C)cc9)cc7)(c7ccc(F)c(F)c7)c7ccccc7-8)cc6)cc5)c5ccc(F)c(C)c5)cc43)cc2)cc1. The topological polar surface area (TPSA) is 24.9 Å². The fourth-order valence-electron chi connectivity index (χ4n) is 15.0. The predicted octanol–water partition coefficient (Wildman–Crippen LogP) is 25.3. The number of ether oxygens (including phenoxy) is 2. The first-order valence-electron chi connectivity index (χ1n) is 33.4. The maximum Gasteiger partial charge on any atom is 0.159 e. The molecule has 16 rings (SSSR count). The molecule has 0 spiro atoms. The van der Waals surface area contributed by atoms with Crippen molar-refractivity contribution >= 4 is 46.3 Å². The Bertz CT molecular complexity index is 5250. The molecule has 0 saturated carbocycles. The van der Waals surface area contributed by atoms with Gasteiger partial charge in [-0.3, -0.25) is 0 Å². The smallest absolute Gasteiger partial charge is 0.159 e. The van der Waals surface area contributed by atoms with Crippen molar-refractivity contribution in [1.29, 1.82) is 0 Å². The van der Waals surface area contributed by atoms with Crippen molar-refractivity contribution in [1.82, 2.24) is 0 Å². The summed E-state index contributed by atoms with van der Waals surface area (Å²) in [6.07, 6.45) is 3.53. The van der Waals surface area contributed by atoms with Gasteiger partial charge in [-0.1, -0.05) is 171 Å². The zero-order chi connectivity index (χ0) is 70.0. The second-order valence-corrected chi connectivity index (χ2v) is 25.7. The molecule has 2 aliphatic rings. The first-order valence-corrected chi connectivity index (χ1v) is 33.4. The van der Waals surface area contributed by atoms with Crippen LogP contribution in [0.25, 0.3) is 45.5 Å². The van der Waals surface area contributed by atoms with Crippen LogP contribution in [0.1, 0.15) is 66.8 Å². The lowest BCUT2D eigenvalue weighted by Gasteiger charge is -2.35. The van der Waals surface area contributed by atoms with Crippen LogP contribution in [0, 0.1) is 48.8 Å². The molecule has 14 aromatic carbocycles. The summed E-state index contributed by atoms with van der Waals surface area (Å²) in [4.78, 5) is 4.14. The van der Waals surface area contributed by atoms with Crippen molar-refractivity contribution in [3.8, 4) is 56.4 Å². The molecule has 2 unspecified atom stereocenters. The number of nitrogens with zero attached hydrogens (tertiary/aromatic N) is 2. The molecule has 0 amide bonds. The van der Waals surface area contributed by atoms with Gasteiger partial charge in [0.15, 0.2) is 23.3 Å². The Hall–Kier alpha value is -12.7. The number of hydrogen-bond acceptors (Lipinski definition) is 4. The highest BCUT2D eigenvalue weighted by Crippen LogP contribution is 2.60. The van der Waals surface area contributed by atoms with Crippen LogP contribution in [0.4, 0.5) is 60.5 Å². The molecule has 2 aliphatic carbocycles. The minimum Gasteiger partial charge on any atom is -0.457 e. The van der Waals surface area contributed by atoms with E-state index in [1.165, 1.54) is 36.4 Å². The number of aryl methyl sites for hydroxylation is 2. The van der Waals surface area contributed by atoms with Crippen molar-refractivity contribution in [2.45, 2.75) is 24.7 Å². The highest BCUT2D eigenvalue weighted by Gasteiger charge is 2.49. The summed E-state index contributed by atoms with van der Waals surface area (Å²) in [6, 6.07) is 93.6. The van der Waals surface area contributed by atoms with Crippen LogP contribution in [0.15, 0.2) is 316 Å². The van der Waals surface area contributed by atoms with Gasteiger partial charge in [0.2, 0.25) is 0 Å². The molecule has 494 valence electrons. The van der Waals surface area contributed by atoms with Gasteiger partial charge in [0.1, 0.15) is 34.6 Å². The van der Waals surface area contributed by atoms with Crippen molar-refractivity contribution in [2.75, 3.05) is 9.80 Å². The molecule has 10 heteroatoms. The molecule has 0 saturated heterocycles. The first-order chi connectivity index (χ1) is 49.7. The molecular weight excluding hydrogens is 1280 g/mol. The lowest BCUT2D eigenvalue weighted by Crippen LogP contribution is -2.29. The average Bonchev–Trinajstić information content (AvgIpc) is 1.54. The van der Waals surface area contributed by atoms with E-state index in [1.807, 2.05) is 206 Å². The third-order valence-corrected chi connectivity index (χ3v) is 19.9. The number of hydrogen-bond donors (Lipinski definition) is 0. The molecule has 0 aromatic heterocycles. The van der Waals surface area contributed by atoms with Crippen LogP contribution in [-0.2, 0) is 10.8 Å². The highest BCUT2D eigenvalue weighted by molar-refractivity contribution is 5.92. The van der Waals surface area contributed by atoms with Crippen LogP contribution < -0.4 is 19.3 Å². The van der Waals surface area contributed by atoms with Crippen molar-refractivity contribution < 1.29 is 35.8 Å². The van der Waals surface area contributed by atoms with Crippen molar-refractivity contribution in [2.24, 2.45) is 0 Å². The summed E-state index contributed by atoms with van der Waals surface area (Å²) >= 11 is 0. The van der Waals surface area contributed by atoms with Gasteiger partial charge in [-0.2, -0.15) is 0 Å². The normalized spacial score (nSPS) is 14.6. The number of rotatable bonds is 17. The zero-order valence-electron chi connectivity index (χ0n) is 55.4. The van der Waals surface area contributed by atoms with E-state index in [9.17, 15) is 0 Å². The van der Waals surface area contributed by atoms with Gasteiger partial charge in [-0.25, -0.2) is 26.3 Å². The van der Waals surface area contributed by atoms with Crippen LogP contribution in [-0.4, -0.2) is 0 Å². The summed E-state index contributed by atoms with van der Waals surface area (Å²) in [6.45, 7) is 11.2. The van der Waals surface area contributed by atoms with Crippen LogP contribution in [0.5, 0.6) is 23.0 Å². The molecule has 0 bridgehead atoms. The van der Waals surface area contributed by atoms with Crippen molar-refractivity contribution in [3.63, 3.8) is 0 Å². The van der Waals surface area contributed by atoms with Gasteiger partial charge in [-0.15, -0.1) is 0 Å². The maximum atomic E-state index is 15.9. The Morgan fingerprint density at radius 3 is 0.931 bits per heavy atom. The van der Waals surface area contributed by atoms with E-state index in [0.717, 1.165) is 101 Å². The van der Waals surface area contributed by atoms with Gasteiger partial charge >= 0.3 is 0 Å². The Morgan fingerprint density at radius 2 is 0.578 bits per heavy atom. The molecule has 0 heterocycles. The number of benzene rings is 14. The van der Waals surface area contributed by atoms with Gasteiger partial charge in [0, 0.05) is 34.1 Å². The molecule has 0 aliphatic heterocycles. The van der Waals surface area contributed by atoms with Crippen molar-refractivity contribution in [3.05, 3.63) is 418 Å². The monoisotopic (exact) mass is 1340 g/mol. The number of halogens is 6. The second kappa shape index (κ2) is 25.9. The molecule has 14 aromatic rings. The third kappa shape index (κ3) is 11.0. The van der Waals surface area contributed by atoms with E-state index >= 15 is 26.3 Å². The lowest BCUT2D eigenvalue weighted by atomic mass is 9.67. The molecule has 4 nitrogen and oxygen atoms in total. The van der Waals surface area contributed by atoms with E-state index in [1.54, 1.807) is 50.3 Å². The van der Waals surface area contributed by atoms with E-state index in [-0.39, 0.29) is 11.6 Å².